The fraction of sp³-hybridized carbons (Fsp3) is 0.381. The molecule has 4 heteroatoms. The molecule has 2 aromatic rings. The summed E-state index contributed by atoms with van der Waals surface area (Å²) >= 11 is 0. The molecule has 1 atom stereocenters. The largest absolute Gasteiger partial charge is 0.497 e. The first-order valence-corrected chi connectivity index (χ1v) is 8.86. The number of aryl methyl sites for hydroxylation is 1. The topological polar surface area (TPSA) is 41.6 Å². The Kier molecular flexibility index (Phi) is 5.71. The van der Waals surface area contributed by atoms with Gasteiger partial charge in [0.1, 0.15) is 5.75 Å². The summed E-state index contributed by atoms with van der Waals surface area (Å²) in [5.74, 6) is 0.949. The van der Waals surface area contributed by atoms with Gasteiger partial charge in [0.05, 0.1) is 13.7 Å². The molecule has 1 amide bonds. The van der Waals surface area contributed by atoms with E-state index in [1.807, 2.05) is 12.1 Å². The summed E-state index contributed by atoms with van der Waals surface area (Å²) in [4.78, 5) is 14.6. The van der Waals surface area contributed by atoms with Gasteiger partial charge in [0.15, 0.2) is 0 Å². The molecular formula is C21H26N2O2. The highest BCUT2D eigenvalue weighted by molar-refractivity contribution is 5.78. The molecule has 0 aromatic heterocycles. The van der Waals surface area contributed by atoms with Gasteiger partial charge >= 0.3 is 0 Å². The lowest BCUT2D eigenvalue weighted by Crippen LogP contribution is -2.36. The third-order valence-electron chi connectivity index (χ3n) is 4.82. The van der Waals surface area contributed by atoms with Crippen molar-refractivity contribution >= 4 is 5.91 Å². The van der Waals surface area contributed by atoms with E-state index in [9.17, 15) is 4.79 Å². The van der Waals surface area contributed by atoms with E-state index in [0.29, 0.717) is 19.1 Å². The lowest BCUT2D eigenvalue weighted by molar-refractivity contribution is -0.122. The number of ether oxygens (including phenoxy) is 1. The molecule has 1 aliphatic rings. The summed E-state index contributed by atoms with van der Waals surface area (Å²) in [7, 11) is 1.68. The molecule has 0 aliphatic carbocycles. The van der Waals surface area contributed by atoms with Gasteiger partial charge in [0.2, 0.25) is 5.91 Å². The molecule has 2 aromatic carbocycles. The van der Waals surface area contributed by atoms with Gasteiger partial charge in [-0.1, -0.05) is 42.0 Å². The van der Waals surface area contributed by atoms with E-state index >= 15 is 0 Å². The lowest BCUT2D eigenvalue weighted by atomic mass is 10.0. The summed E-state index contributed by atoms with van der Waals surface area (Å²) in [5.41, 5.74) is 3.62. The zero-order chi connectivity index (χ0) is 17.6. The van der Waals surface area contributed by atoms with Crippen molar-refractivity contribution < 1.29 is 9.53 Å². The Hall–Kier alpha value is -2.33. The quantitative estimate of drug-likeness (QED) is 0.877. The monoisotopic (exact) mass is 338 g/mol. The van der Waals surface area contributed by atoms with Gasteiger partial charge in [-0.3, -0.25) is 9.69 Å². The van der Waals surface area contributed by atoms with Gasteiger partial charge in [-0.2, -0.15) is 0 Å². The minimum absolute atomic E-state index is 0.0842. The number of likely N-dealkylation sites (tertiary alicyclic amines) is 1. The van der Waals surface area contributed by atoms with Crippen LogP contribution < -0.4 is 10.1 Å². The molecule has 1 aliphatic heterocycles. The number of methoxy groups -OCH3 is 1. The average Bonchev–Trinajstić information content (AvgIpc) is 3.09. The van der Waals surface area contributed by atoms with Crippen LogP contribution in [0.5, 0.6) is 5.75 Å². The third-order valence-corrected chi connectivity index (χ3v) is 4.82. The van der Waals surface area contributed by atoms with Crippen molar-refractivity contribution in [3.63, 3.8) is 0 Å². The molecule has 1 N–H and O–H groups in total. The lowest BCUT2D eigenvalue weighted by Gasteiger charge is -2.24. The minimum Gasteiger partial charge on any atom is -0.497 e. The van der Waals surface area contributed by atoms with Crippen LogP contribution in [0.25, 0.3) is 0 Å². The van der Waals surface area contributed by atoms with Crippen molar-refractivity contribution in [1.29, 1.82) is 0 Å². The van der Waals surface area contributed by atoms with Crippen molar-refractivity contribution in [3.8, 4) is 5.75 Å². The SMILES string of the molecule is COc1ccc([C@H]2CCCN2CC(=O)NCc2ccc(C)cc2)cc1. The van der Waals surface area contributed by atoms with Crippen LogP contribution in [0.2, 0.25) is 0 Å². The Morgan fingerprint density at radius 2 is 1.88 bits per heavy atom. The number of hydrogen-bond donors (Lipinski definition) is 1. The highest BCUT2D eigenvalue weighted by Crippen LogP contribution is 2.32. The van der Waals surface area contributed by atoms with Crippen LogP contribution in [-0.4, -0.2) is 31.0 Å². The van der Waals surface area contributed by atoms with Crippen LogP contribution >= 0.6 is 0 Å². The summed E-state index contributed by atoms with van der Waals surface area (Å²) in [5, 5.41) is 3.03. The Balaban J connectivity index is 1.55. The standard InChI is InChI=1S/C21H26N2O2/c1-16-5-7-17(8-6-16)14-22-21(24)15-23-13-3-4-20(23)18-9-11-19(25-2)12-10-18/h5-12,20H,3-4,13-15H2,1-2H3,(H,22,24)/t20-/m1/s1. The Labute approximate surface area is 149 Å². The highest BCUT2D eigenvalue weighted by atomic mass is 16.5. The molecule has 4 nitrogen and oxygen atoms in total. The van der Waals surface area contributed by atoms with Crippen LogP contribution in [0.1, 0.15) is 35.6 Å². The van der Waals surface area contributed by atoms with Crippen LogP contribution in [0.4, 0.5) is 0 Å². The molecule has 1 saturated heterocycles. The summed E-state index contributed by atoms with van der Waals surface area (Å²) in [6.45, 7) is 4.06. The number of nitrogens with zero attached hydrogens (tertiary/aromatic N) is 1. The zero-order valence-electron chi connectivity index (χ0n) is 15.0. The third kappa shape index (κ3) is 4.60. The first-order valence-electron chi connectivity index (χ1n) is 8.86. The normalized spacial score (nSPS) is 17.4. The molecule has 132 valence electrons. The van der Waals surface area contributed by atoms with Crippen molar-refractivity contribution in [2.45, 2.75) is 32.4 Å². The smallest absolute Gasteiger partial charge is 0.234 e. The number of benzene rings is 2. The summed E-state index contributed by atoms with van der Waals surface area (Å²) in [6.07, 6.45) is 2.22. The van der Waals surface area contributed by atoms with E-state index < -0.39 is 0 Å². The summed E-state index contributed by atoms with van der Waals surface area (Å²) < 4.78 is 5.23. The predicted molar refractivity (Wildman–Crippen MR) is 99.6 cm³/mol. The highest BCUT2D eigenvalue weighted by Gasteiger charge is 2.27. The van der Waals surface area contributed by atoms with Crippen molar-refractivity contribution in [1.82, 2.24) is 10.2 Å². The second-order valence-corrected chi connectivity index (χ2v) is 6.66. The molecule has 3 rings (SSSR count). The Morgan fingerprint density at radius 3 is 2.56 bits per heavy atom. The van der Waals surface area contributed by atoms with Crippen LogP contribution in [0.3, 0.4) is 0 Å². The van der Waals surface area contributed by atoms with E-state index in [0.717, 1.165) is 30.7 Å². The molecular weight excluding hydrogens is 312 g/mol. The van der Waals surface area contributed by atoms with Crippen molar-refractivity contribution in [2.75, 3.05) is 20.2 Å². The number of carbonyl (C=O) groups is 1. The maximum atomic E-state index is 12.3. The van der Waals surface area contributed by atoms with Crippen molar-refractivity contribution in [2.24, 2.45) is 0 Å². The van der Waals surface area contributed by atoms with Gasteiger partial charge in [-0.15, -0.1) is 0 Å². The van der Waals surface area contributed by atoms with Gasteiger partial charge in [0.25, 0.3) is 0 Å². The molecule has 0 radical (unpaired) electrons. The number of rotatable bonds is 6. The maximum Gasteiger partial charge on any atom is 0.234 e. The number of amides is 1. The van der Waals surface area contributed by atoms with Gasteiger partial charge in [-0.25, -0.2) is 0 Å². The van der Waals surface area contributed by atoms with E-state index in [1.54, 1.807) is 7.11 Å². The number of carbonyl (C=O) groups excluding carboxylic acids is 1. The number of nitrogens with one attached hydrogen (secondary N) is 1. The van der Waals surface area contributed by atoms with E-state index in [1.165, 1.54) is 11.1 Å². The average molecular weight is 338 g/mol. The Morgan fingerprint density at radius 1 is 1.16 bits per heavy atom. The maximum absolute atomic E-state index is 12.3. The van der Waals surface area contributed by atoms with Crippen LogP contribution in [-0.2, 0) is 11.3 Å². The van der Waals surface area contributed by atoms with Gasteiger partial charge in [-0.05, 0) is 49.6 Å². The predicted octanol–water partition coefficient (Wildman–Crippen LogP) is 3.46. The fourth-order valence-corrected chi connectivity index (χ4v) is 3.37. The van der Waals surface area contributed by atoms with E-state index in [4.69, 9.17) is 4.74 Å². The second-order valence-electron chi connectivity index (χ2n) is 6.66. The zero-order valence-corrected chi connectivity index (χ0v) is 15.0. The van der Waals surface area contributed by atoms with Crippen LogP contribution in [0.15, 0.2) is 48.5 Å². The first-order chi connectivity index (χ1) is 12.2. The van der Waals surface area contributed by atoms with E-state index in [-0.39, 0.29) is 5.91 Å². The molecule has 0 spiro atoms. The van der Waals surface area contributed by atoms with Gasteiger partial charge in [0, 0.05) is 12.6 Å². The Bertz CT molecular complexity index is 695. The second kappa shape index (κ2) is 8.17. The number of hydrogen-bond acceptors (Lipinski definition) is 3. The van der Waals surface area contributed by atoms with Crippen molar-refractivity contribution in [3.05, 3.63) is 65.2 Å². The fourth-order valence-electron chi connectivity index (χ4n) is 3.37. The molecule has 1 fully saturated rings. The molecule has 25 heavy (non-hydrogen) atoms. The molecule has 0 bridgehead atoms. The summed E-state index contributed by atoms with van der Waals surface area (Å²) in [6, 6.07) is 16.8. The minimum atomic E-state index is 0.0842. The first kappa shape index (κ1) is 17.5. The molecule has 0 saturated carbocycles. The van der Waals surface area contributed by atoms with Gasteiger partial charge < -0.3 is 10.1 Å². The van der Waals surface area contributed by atoms with E-state index in [2.05, 4.69) is 53.5 Å². The van der Waals surface area contributed by atoms with Crippen LogP contribution in [0, 0.1) is 6.92 Å². The molecule has 0 unspecified atom stereocenters. The molecule has 1 heterocycles.